The van der Waals surface area contributed by atoms with Crippen molar-refractivity contribution in [2.45, 2.75) is 12.8 Å². The van der Waals surface area contributed by atoms with Crippen LogP contribution in [0, 0.1) is 0 Å². The molecule has 3 N–H and O–H groups in total. The molecular weight excluding hydrogens is 230 g/mol. The number of nitrogen functional groups attached to an aromatic ring is 1. The van der Waals surface area contributed by atoms with Gasteiger partial charge in [0.15, 0.2) is 0 Å². The van der Waals surface area contributed by atoms with E-state index in [1.54, 1.807) is 24.3 Å². The molecule has 17 heavy (non-hydrogen) atoms. The van der Waals surface area contributed by atoms with Crippen molar-refractivity contribution in [2.24, 2.45) is 0 Å². The van der Waals surface area contributed by atoms with E-state index < -0.39 is 18.9 Å². The molecule has 0 radical (unpaired) electrons. The molecule has 0 heterocycles. The van der Waals surface area contributed by atoms with E-state index in [0.717, 1.165) is 0 Å². The first kappa shape index (κ1) is 13.2. The summed E-state index contributed by atoms with van der Waals surface area (Å²) in [5.41, 5.74) is 6.10. The van der Waals surface area contributed by atoms with E-state index in [9.17, 15) is 13.6 Å². The lowest BCUT2D eigenvalue weighted by molar-refractivity contribution is -0.122. The van der Waals surface area contributed by atoms with Crippen molar-refractivity contribution in [3.8, 4) is 5.75 Å². The Labute approximate surface area is 97.8 Å². The largest absolute Gasteiger partial charge is 0.493 e. The second-order valence-corrected chi connectivity index (χ2v) is 3.36. The SMILES string of the molecule is Nc1ccc(OCCC(=O)NCC(F)F)cc1. The molecule has 0 spiro atoms. The number of carbonyl (C=O) groups excluding carboxylic acids is 1. The molecule has 0 aliphatic carbocycles. The Kier molecular flexibility index (Phi) is 5.19. The molecule has 0 fully saturated rings. The Balaban J connectivity index is 2.19. The first-order chi connectivity index (χ1) is 8.08. The summed E-state index contributed by atoms with van der Waals surface area (Å²) in [6, 6.07) is 6.69. The van der Waals surface area contributed by atoms with Crippen LogP contribution in [0.15, 0.2) is 24.3 Å². The van der Waals surface area contributed by atoms with Gasteiger partial charge in [-0.2, -0.15) is 0 Å². The van der Waals surface area contributed by atoms with Crippen LogP contribution in [0.3, 0.4) is 0 Å². The van der Waals surface area contributed by atoms with Crippen LogP contribution in [0.1, 0.15) is 6.42 Å². The summed E-state index contributed by atoms with van der Waals surface area (Å²) < 4.78 is 28.8. The van der Waals surface area contributed by atoms with Crippen LogP contribution in [0.25, 0.3) is 0 Å². The van der Waals surface area contributed by atoms with E-state index in [2.05, 4.69) is 5.32 Å². The van der Waals surface area contributed by atoms with E-state index in [-0.39, 0.29) is 13.0 Å². The van der Waals surface area contributed by atoms with Gasteiger partial charge in [-0.25, -0.2) is 8.78 Å². The van der Waals surface area contributed by atoms with Crippen LogP contribution < -0.4 is 15.8 Å². The summed E-state index contributed by atoms with van der Waals surface area (Å²) in [7, 11) is 0. The fraction of sp³-hybridized carbons (Fsp3) is 0.364. The number of nitrogens with two attached hydrogens (primary N) is 1. The molecule has 1 rings (SSSR count). The van der Waals surface area contributed by atoms with Gasteiger partial charge in [-0.3, -0.25) is 4.79 Å². The fourth-order valence-electron chi connectivity index (χ4n) is 1.11. The molecule has 1 aromatic carbocycles. The third-order valence-electron chi connectivity index (χ3n) is 1.93. The van der Waals surface area contributed by atoms with Gasteiger partial charge in [0.1, 0.15) is 5.75 Å². The fourth-order valence-corrected chi connectivity index (χ4v) is 1.11. The highest BCUT2D eigenvalue weighted by Gasteiger charge is 2.06. The first-order valence-electron chi connectivity index (χ1n) is 5.11. The number of hydrogen-bond donors (Lipinski definition) is 2. The number of alkyl halides is 2. The molecule has 0 saturated heterocycles. The number of rotatable bonds is 6. The number of amides is 1. The molecule has 0 saturated carbocycles. The van der Waals surface area contributed by atoms with Crippen molar-refractivity contribution in [2.75, 3.05) is 18.9 Å². The van der Waals surface area contributed by atoms with Crippen molar-refractivity contribution in [1.29, 1.82) is 0 Å². The topological polar surface area (TPSA) is 64.3 Å². The Morgan fingerprint density at radius 1 is 1.35 bits per heavy atom. The quantitative estimate of drug-likeness (QED) is 0.744. The van der Waals surface area contributed by atoms with Gasteiger partial charge in [-0.15, -0.1) is 0 Å². The maximum absolute atomic E-state index is 11.8. The molecule has 0 aromatic heterocycles. The molecule has 0 atom stereocenters. The third-order valence-corrected chi connectivity index (χ3v) is 1.93. The summed E-state index contributed by atoms with van der Waals surface area (Å²) in [5, 5.41) is 2.09. The van der Waals surface area contributed by atoms with Crippen LogP contribution in [-0.2, 0) is 4.79 Å². The van der Waals surface area contributed by atoms with E-state index in [1.807, 2.05) is 0 Å². The van der Waals surface area contributed by atoms with Gasteiger partial charge in [0.05, 0.1) is 19.6 Å². The molecule has 0 unspecified atom stereocenters. The maximum Gasteiger partial charge on any atom is 0.255 e. The van der Waals surface area contributed by atoms with Gasteiger partial charge >= 0.3 is 0 Å². The lowest BCUT2D eigenvalue weighted by Crippen LogP contribution is -2.29. The average Bonchev–Trinajstić information content (AvgIpc) is 2.29. The summed E-state index contributed by atoms with van der Waals surface area (Å²) >= 11 is 0. The summed E-state index contributed by atoms with van der Waals surface area (Å²) in [5.74, 6) is 0.126. The van der Waals surface area contributed by atoms with Crippen molar-refractivity contribution < 1.29 is 18.3 Å². The van der Waals surface area contributed by atoms with Gasteiger partial charge in [0.2, 0.25) is 5.91 Å². The monoisotopic (exact) mass is 244 g/mol. The number of halogens is 2. The highest BCUT2D eigenvalue weighted by atomic mass is 19.3. The minimum absolute atomic E-state index is 0.0388. The zero-order chi connectivity index (χ0) is 12.7. The number of anilines is 1. The average molecular weight is 244 g/mol. The number of carbonyl (C=O) groups is 1. The van der Waals surface area contributed by atoms with Gasteiger partial charge in [0, 0.05) is 5.69 Å². The summed E-state index contributed by atoms with van der Waals surface area (Å²) in [4.78, 5) is 11.0. The Bertz CT molecular complexity index is 355. The van der Waals surface area contributed by atoms with E-state index in [1.165, 1.54) is 0 Å². The van der Waals surface area contributed by atoms with Gasteiger partial charge in [-0.05, 0) is 24.3 Å². The predicted octanol–water partition coefficient (Wildman–Crippen LogP) is 1.42. The zero-order valence-electron chi connectivity index (χ0n) is 9.16. The number of ether oxygens (including phenoxy) is 1. The molecule has 4 nitrogen and oxygen atoms in total. The predicted molar refractivity (Wildman–Crippen MR) is 60.0 cm³/mol. The highest BCUT2D eigenvalue weighted by molar-refractivity contribution is 5.75. The minimum atomic E-state index is -2.53. The lowest BCUT2D eigenvalue weighted by atomic mass is 10.3. The van der Waals surface area contributed by atoms with E-state index >= 15 is 0 Å². The van der Waals surface area contributed by atoms with Crippen LogP contribution in [0.4, 0.5) is 14.5 Å². The number of hydrogen-bond acceptors (Lipinski definition) is 3. The van der Waals surface area contributed by atoms with Crippen LogP contribution in [-0.4, -0.2) is 25.5 Å². The van der Waals surface area contributed by atoms with Gasteiger partial charge in [0.25, 0.3) is 6.43 Å². The van der Waals surface area contributed by atoms with Crippen LogP contribution in [0.2, 0.25) is 0 Å². The second kappa shape index (κ2) is 6.67. The molecule has 0 bridgehead atoms. The number of nitrogens with one attached hydrogen (secondary N) is 1. The maximum atomic E-state index is 11.8. The van der Waals surface area contributed by atoms with Crippen LogP contribution >= 0.6 is 0 Å². The Morgan fingerprint density at radius 2 is 2.00 bits per heavy atom. The van der Waals surface area contributed by atoms with E-state index in [0.29, 0.717) is 11.4 Å². The molecule has 94 valence electrons. The number of benzene rings is 1. The Hall–Kier alpha value is -1.85. The van der Waals surface area contributed by atoms with Crippen LogP contribution in [0.5, 0.6) is 5.75 Å². The smallest absolute Gasteiger partial charge is 0.255 e. The molecular formula is C11H14F2N2O2. The third kappa shape index (κ3) is 5.70. The standard InChI is InChI=1S/C11H14F2N2O2/c12-10(13)7-15-11(16)5-6-17-9-3-1-8(14)2-4-9/h1-4,10H,5-7,14H2,(H,15,16). The first-order valence-corrected chi connectivity index (χ1v) is 5.11. The van der Waals surface area contributed by atoms with Crippen molar-refractivity contribution in [3.05, 3.63) is 24.3 Å². The molecule has 0 aliphatic rings. The zero-order valence-corrected chi connectivity index (χ0v) is 9.16. The molecule has 6 heteroatoms. The van der Waals surface area contributed by atoms with Crippen molar-refractivity contribution in [3.63, 3.8) is 0 Å². The van der Waals surface area contributed by atoms with Crippen molar-refractivity contribution >= 4 is 11.6 Å². The van der Waals surface area contributed by atoms with Gasteiger partial charge in [-0.1, -0.05) is 0 Å². The Morgan fingerprint density at radius 3 is 2.59 bits per heavy atom. The molecule has 0 aliphatic heterocycles. The lowest BCUT2D eigenvalue weighted by Gasteiger charge is -2.07. The summed E-state index contributed by atoms with van der Waals surface area (Å²) in [6.45, 7) is -0.486. The molecule has 1 amide bonds. The van der Waals surface area contributed by atoms with Gasteiger partial charge < -0.3 is 15.8 Å². The highest BCUT2D eigenvalue weighted by Crippen LogP contribution is 2.12. The normalized spacial score (nSPS) is 10.3. The second-order valence-electron chi connectivity index (χ2n) is 3.36. The van der Waals surface area contributed by atoms with E-state index in [4.69, 9.17) is 10.5 Å². The summed E-state index contributed by atoms with van der Waals surface area (Å²) in [6.07, 6.45) is -2.49. The molecule has 1 aromatic rings. The van der Waals surface area contributed by atoms with Crippen molar-refractivity contribution in [1.82, 2.24) is 5.32 Å². The minimum Gasteiger partial charge on any atom is -0.493 e.